The summed E-state index contributed by atoms with van der Waals surface area (Å²) >= 11 is 5.62. The maximum atomic E-state index is 13.1. The maximum Gasteiger partial charge on any atom is 0.147 e. The predicted molar refractivity (Wildman–Crippen MR) is 70.6 cm³/mol. The zero-order valence-corrected chi connectivity index (χ0v) is 11.1. The third-order valence-corrected chi connectivity index (χ3v) is 2.87. The number of benzene rings is 1. The van der Waals surface area contributed by atoms with E-state index >= 15 is 0 Å². The first-order chi connectivity index (χ1) is 9.04. The van der Waals surface area contributed by atoms with E-state index in [2.05, 4.69) is 9.97 Å². The van der Waals surface area contributed by atoms with Gasteiger partial charge in [0.15, 0.2) is 0 Å². The molecule has 0 N–H and O–H groups in total. The van der Waals surface area contributed by atoms with Gasteiger partial charge in [0.1, 0.15) is 16.8 Å². The molecule has 0 amide bonds. The van der Waals surface area contributed by atoms with Crippen LogP contribution >= 0.6 is 11.6 Å². The zero-order chi connectivity index (χ0) is 13.8. The topological polar surface area (TPSA) is 42.9 Å². The summed E-state index contributed by atoms with van der Waals surface area (Å²) in [5.41, 5.74) is 1.91. The van der Waals surface area contributed by atoms with Crippen LogP contribution in [0.2, 0.25) is 5.15 Å². The van der Waals surface area contributed by atoms with E-state index in [1.54, 1.807) is 19.1 Å². The van der Waals surface area contributed by atoms with Gasteiger partial charge in [0.2, 0.25) is 0 Å². The van der Waals surface area contributed by atoms with Crippen molar-refractivity contribution < 1.29 is 9.18 Å². The van der Waals surface area contributed by atoms with Crippen molar-refractivity contribution in [2.45, 2.75) is 19.8 Å². The Kier molecular flexibility index (Phi) is 4.22. The number of aromatic nitrogens is 2. The van der Waals surface area contributed by atoms with Crippen molar-refractivity contribution in [3.8, 4) is 0 Å². The average Bonchev–Trinajstić information content (AvgIpc) is 2.37. The van der Waals surface area contributed by atoms with Gasteiger partial charge in [-0.2, -0.15) is 0 Å². The van der Waals surface area contributed by atoms with E-state index in [1.165, 1.54) is 18.5 Å². The molecule has 0 radical (unpaired) electrons. The standard InChI is InChI=1S/C14H12ClFN2O/c1-9-4-10(2-3-13(9)16)5-12(19)6-11-7-18-14(15)8-17-11/h2-4,7-8H,5-6H2,1H3. The second-order valence-electron chi connectivity index (χ2n) is 4.31. The summed E-state index contributed by atoms with van der Waals surface area (Å²) in [6.45, 7) is 1.67. The van der Waals surface area contributed by atoms with Crippen LogP contribution in [-0.4, -0.2) is 15.8 Å². The second kappa shape index (κ2) is 5.89. The highest BCUT2D eigenvalue weighted by molar-refractivity contribution is 6.29. The van der Waals surface area contributed by atoms with E-state index in [-0.39, 0.29) is 24.4 Å². The number of halogens is 2. The largest absolute Gasteiger partial charge is 0.299 e. The van der Waals surface area contributed by atoms with Crippen LogP contribution in [-0.2, 0) is 17.6 Å². The molecule has 0 unspecified atom stereocenters. The first-order valence-electron chi connectivity index (χ1n) is 5.78. The lowest BCUT2D eigenvalue weighted by molar-refractivity contribution is -0.117. The van der Waals surface area contributed by atoms with Crippen molar-refractivity contribution in [3.05, 3.63) is 58.4 Å². The van der Waals surface area contributed by atoms with Gasteiger partial charge >= 0.3 is 0 Å². The molecule has 0 spiro atoms. The minimum atomic E-state index is -0.264. The normalized spacial score (nSPS) is 10.5. The van der Waals surface area contributed by atoms with E-state index < -0.39 is 0 Å². The molecule has 1 heterocycles. The molecule has 5 heteroatoms. The fraction of sp³-hybridized carbons (Fsp3) is 0.214. The monoisotopic (exact) mass is 278 g/mol. The van der Waals surface area contributed by atoms with Crippen molar-refractivity contribution in [2.75, 3.05) is 0 Å². The Morgan fingerprint density at radius 2 is 2.05 bits per heavy atom. The third kappa shape index (κ3) is 3.83. The molecule has 0 aliphatic heterocycles. The number of carbonyl (C=O) groups is 1. The Morgan fingerprint density at radius 1 is 1.26 bits per heavy atom. The van der Waals surface area contributed by atoms with Crippen LogP contribution in [0.1, 0.15) is 16.8 Å². The summed E-state index contributed by atoms with van der Waals surface area (Å²) in [6.07, 6.45) is 3.34. The lowest BCUT2D eigenvalue weighted by Gasteiger charge is -2.03. The van der Waals surface area contributed by atoms with Crippen molar-refractivity contribution in [1.29, 1.82) is 0 Å². The number of hydrogen-bond donors (Lipinski definition) is 0. The van der Waals surface area contributed by atoms with Crippen molar-refractivity contribution in [1.82, 2.24) is 9.97 Å². The molecule has 0 aliphatic carbocycles. The SMILES string of the molecule is Cc1cc(CC(=O)Cc2cnc(Cl)cn2)ccc1F. The van der Waals surface area contributed by atoms with Crippen LogP contribution in [0.25, 0.3) is 0 Å². The van der Waals surface area contributed by atoms with Crippen molar-refractivity contribution in [3.63, 3.8) is 0 Å². The number of carbonyl (C=O) groups excluding carboxylic acids is 1. The molecule has 3 nitrogen and oxygen atoms in total. The number of aryl methyl sites for hydroxylation is 1. The number of Topliss-reactive ketones (excluding diaryl/α,β-unsaturated/α-hetero) is 1. The van der Waals surface area contributed by atoms with Gasteiger partial charge in [-0.05, 0) is 24.1 Å². The number of hydrogen-bond acceptors (Lipinski definition) is 3. The molecule has 0 saturated carbocycles. The van der Waals surface area contributed by atoms with Crippen LogP contribution in [0.4, 0.5) is 4.39 Å². The van der Waals surface area contributed by atoms with Gasteiger partial charge < -0.3 is 0 Å². The van der Waals surface area contributed by atoms with Gasteiger partial charge in [0.05, 0.1) is 24.5 Å². The summed E-state index contributed by atoms with van der Waals surface area (Å²) in [5.74, 6) is -0.262. The minimum Gasteiger partial charge on any atom is -0.299 e. The number of nitrogens with zero attached hydrogens (tertiary/aromatic N) is 2. The molecule has 19 heavy (non-hydrogen) atoms. The molecule has 0 fully saturated rings. The molecule has 2 aromatic rings. The Labute approximate surface area is 115 Å². The molecule has 1 aromatic carbocycles. The fourth-order valence-corrected chi connectivity index (χ4v) is 1.84. The summed E-state index contributed by atoms with van der Waals surface area (Å²) < 4.78 is 13.1. The molecule has 2 rings (SSSR count). The molecule has 98 valence electrons. The van der Waals surface area contributed by atoms with E-state index in [4.69, 9.17) is 11.6 Å². The van der Waals surface area contributed by atoms with Crippen LogP contribution in [0, 0.1) is 12.7 Å². The highest BCUT2D eigenvalue weighted by Crippen LogP contribution is 2.11. The highest BCUT2D eigenvalue weighted by Gasteiger charge is 2.08. The highest BCUT2D eigenvalue weighted by atomic mass is 35.5. The van der Waals surface area contributed by atoms with E-state index in [1.807, 2.05) is 0 Å². The lowest BCUT2D eigenvalue weighted by atomic mass is 10.0. The molecular formula is C14H12ClFN2O. The second-order valence-corrected chi connectivity index (χ2v) is 4.69. The summed E-state index contributed by atoms with van der Waals surface area (Å²) in [6, 6.07) is 4.68. The molecule has 0 bridgehead atoms. The summed E-state index contributed by atoms with van der Waals surface area (Å²) in [4.78, 5) is 19.8. The van der Waals surface area contributed by atoms with Gasteiger partial charge in [0, 0.05) is 6.42 Å². The van der Waals surface area contributed by atoms with E-state index in [0.29, 0.717) is 16.4 Å². The Hall–Kier alpha value is -1.81. The fourth-order valence-electron chi connectivity index (χ4n) is 1.74. The van der Waals surface area contributed by atoms with Gasteiger partial charge in [-0.1, -0.05) is 23.7 Å². The van der Waals surface area contributed by atoms with Crippen LogP contribution in [0.5, 0.6) is 0 Å². The predicted octanol–water partition coefficient (Wildman–Crippen LogP) is 2.93. The smallest absolute Gasteiger partial charge is 0.147 e. The first-order valence-corrected chi connectivity index (χ1v) is 6.15. The molecule has 0 atom stereocenters. The third-order valence-electron chi connectivity index (χ3n) is 2.68. The summed E-state index contributed by atoms with van der Waals surface area (Å²) in [7, 11) is 0. The average molecular weight is 279 g/mol. The van der Waals surface area contributed by atoms with Crippen molar-refractivity contribution >= 4 is 17.4 Å². The van der Waals surface area contributed by atoms with Gasteiger partial charge in [-0.15, -0.1) is 0 Å². The first kappa shape index (κ1) is 13.6. The van der Waals surface area contributed by atoms with Crippen LogP contribution in [0.3, 0.4) is 0 Å². The quantitative estimate of drug-likeness (QED) is 0.864. The van der Waals surface area contributed by atoms with E-state index in [0.717, 1.165) is 5.56 Å². The maximum absolute atomic E-state index is 13.1. The van der Waals surface area contributed by atoms with Crippen LogP contribution < -0.4 is 0 Å². The molecular weight excluding hydrogens is 267 g/mol. The molecule has 0 aliphatic rings. The molecule has 1 aromatic heterocycles. The number of ketones is 1. The van der Waals surface area contributed by atoms with E-state index in [9.17, 15) is 9.18 Å². The van der Waals surface area contributed by atoms with Crippen molar-refractivity contribution in [2.24, 2.45) is 0 Å². The minimum absolute atomic E-state index is 0.00244. The van der Waals surface area contributed by atoms with Crippen LogP contribution in [0.15, 0.2) is 30.6 Å². The van der Waals surface area contributed by atoms with Gasteiger partial charge in [-0.3, -0.25) is 9.78 Å². The summed E-state index contributed by atoms with van der Waals surface area (Å²) in [5, 5.41) is 0.297. The Morgan fingerprint density at radius 3 is 2.68 bits per heavy atom. The molecule has 0 saturated heterocycles. The zero-order valence-electron chi connectivity index (χ0n) is 10.4. The Balaban J connectivity index is 2.01. The Bertz CT molecular complexity index is 599. The van der Waals surface area contributed by atoms with Gasteiger partial charge in [0.25, 0.3) is 0 Å². The van der Waals surface area contributed by atoms with Gasteiger partial charge in [-0.25, -0.2) is 9.37 Å². The lowest BCUT2D eigenvalue weighted by Crippen LogP contribution is -2.08. The number of rotatable bonds is 4.